The zero-order valence-corrected chi connectivity index (χ0v) is 24.9. The third-order valence-electron chi connectivity index (χ3n) is 7.61. The molecule has 1 fully saturated rings. The van der Waals surface area contributed by atoms with Gasteiger partial charge >= 0.3 is 6.09 Å². The highest BCUT2D eigenvalue weighted by atomic mass is 16.6. The van der Waals surface area contributed by atoms with Crippen molar-refractivity contribution in [1.82, 2.24) is 30.9 Å². The van der Waals surface area contributed by atoms with Gasteiger partial charge in [0.1, 0.15) is 23.5 Å². The third-order valence-corrected chi connectivity index (χ3v) is 7.61. The first kappa shape index (κ1) is 29.9. The molecule has 0 spiro atoms. The van der Waals surface area contributed by atoms with Crippen LogP contribution in [-0.4, -0.2) is 50.5 Å². The number of ether oxygens (including phenoxy) is 1. The van der Waals surface area contributed by atoms with E-state index < -0.39 is 29.7 Å². The number of H-pyrrole nitrogens is 2. The van der Waals surface area contributed by atoms with Crippen molar-refractivity contribution in [3.8, 4) is 0 Å². The number of rotatable bonds is 11. The van der Waals surface area contributed by atoms with Crippen molar-refractivity contribution in [3.63, 3.8) is 0 Å². The number of hydrogen-bond acceptors (Lipinski definition) is 5. The monoisotopic (exact) mass is 584 g/mol. The molecule has 0 unspecified atom stereocenters. The molecule has 10 nitrogen and oxygen atoms in total. The first-order valence-corrected chi connectivity index (χ1v) is 14.8. The minimum atomic E-state index is -0.995. The lowest BCUT2D eigenvalue weighted by molar-refractivity contribution is -0.130. The Bertz CT molecular complexity index is 1550. The lowest BCUT2D eigenvalue weighted by Gasteiger charge is -2.25. The van der Waals surface area contributed by atoms with Crippen LogP contribution in [0.4, 0.5) is 4.79 Å². The standard InChI is InChI=1S/C33H40N6O4/c1-33(2,3)43-32(42)39-27(16-23-19-34-26-15-8-7-14-25(23)26)31(41)38-28(30(40)36-18-21-10-5-4-6-11-21)17-24-20-35-29(37-24)22-12-9-13-22/h4-8,10-11,14-15,19-20,22,27-28,34H,9,12-13,16-18H2,1-3H3,(H,35,37)(H,36,40)(H,38,41)(H,39,42)/t27-,28-/m0/s1. The summed E-state index contributed by atoms with van der Waals surface area (Å²) in [6.07, 6.45) is 6.65. The molecule has 226 valence electrons. The molecule has 5 rings (SSSR count). The molecule has 4 aromatic rings. The summed E-state index contributed by atoms with van der Waals surface area (Å²) in [6.45, 7) is 5.60. The minimum absolute atomic E-state index is 0.198. The normalized spacial score (nSPS) is 14.9. The quantitative estimate of drug-likeness (QED) is 0.175. The molecule has 43 heavy (non-hydrogen) atoms. The maximum absolute atomic E-state index is 13.9. The zero-order valence-electron chi connectivity index (χ0n) is 24.9. The molecular weight excluding hydrogens is 544 g/mol. The molecule has 10 heteroatoms. The lowest BCUT2D eigenvalue weighted by atomic mass is 9.85. The van der Waals surface area contributed by atoms with Gasteiger partial charge in [0.15, 0.2) is 0 Å². The predicted octanol–water partition coefficient (Wildman–Crippen LogP) is 4.64. The summed E-state index contributed by atoms with van der Waals surface area (Å²) in [5, 5.41) is 9.56. The zero-order chi connectivity index (χ0) is 30.4. The first-order chi connectivity index (χ1) is 20.6. The fourth-order valence-electron chi connectivity index (χ4n) is 5.16. The van der Waals surface area contributed by atoms with Crippen LogP contribution in [0.3, 0.4) is 0 Å². The molecular formula is C33H40N6O4. The molecule has 1 aliphatic rings. The molecule has 2 atom stereocenters. The van der Waals surface area contributed by atoms with Gasteiger partial charge in [-0.05, 0) is 50.8 Å². The molecule has 1 aliphatic carbocycles. The lowest BCUT2D eigenvalue weighted by Crippen LogP contribution is -2.55. The Labute approximate surface area is 251 Å². The van der Waals surface area contributed by atoms with Crippen molar-refractivity contribution in [2.75, 3.05) is 0 Å². The maximum atomic E-state index is 13.9. The van der Waals surface area contributed by atoms with E-state index in [4.69, 9.17) is 4.74 Å². The van der Waals surface area contributed by atoms with Crippen molar-refractivity contribution in [1.29, 1.82) is 0 Å². The number of fused-ring (bicyclic) bond motifs is 1. The highest BCUT2D eigenvalue weighted by Gasteiger charge is 2.30. The SMILES string of the molecule is CC(C)(C)OC(=O)N[C@@H](Cc1c[nH]c2ccccc12)C(=O)N[C@@H](Cc1cnc(C2CCC2)[nH]1)C(=O)NCc1ccccc1. The van der Waals surface area contributed by atoms with Crippen molar-refractivity contribution in [3.05, 3.63) is 89.6 Å². The molecule has 0 aliphatic heterocycles. The number of aromatic nitrogens is 3. The molecule has 3 amide bonds. The fourth-order valence-corrected chi connectivity index (χ4v) is 5.16. The number of aromatic amines is 2. The number of carbonyl (C=O) groups excluding carboxylic acids is 3. The first-order valence-electron chi connectivity index (χ1n) is 14.8. The molecule has 0 radical (unpaired) electrons. The van der Waals surface area contributed by atoms with Gasteiger partial charge in [-0.2, -0.15) is 0 Å². The second-order valence-electron chi connectivity index (χ2n) is 12.2. The number of hydrogen-bond donors (Lipinski definition) is 5. The Hall–Kier alpha value is -4.60. The van der Waals surface area contributed by atoms with Crippen LogP contribution in [0.1, 0.15) is 68.6 Å². The van der Waals surface area contributed by atoms with E-state index in [1.54, 1.807) is 27.0 Å². The Balaban J connectivity index is 1.36. The molecule has 5 N–H and O–H groups in total. The topological polar surface area (TPSA) is 141 Å². The number of para-hydroxylation sites is 1. The smallest absolute Gasteiger partial charge is 0.408 e. The van der Waals surface area contributed by atoms with Crippen LogP contribution in [0.15, 0.2) is 67.0 Å². The molecule has 1 saturated carbocycles. The minimum Gasteiger partial charge on any atom is -0.444 e. The molecule has 2 heterocycles. The summed E-state index contributed by atoms with van der Waals surface area (Å²) in [7, 11) is 0. The summed E-state index contributed by atoms with van der Waals surface area (Å²) in [6, 6.07) is 15.4. The largest absolute Gasteiger partial charge is 0.444 e. The molecule has 0 bridgehead atoms. The van der Waals surface area contributed by atoms with E-state index in [9.17, 15) is 14.4 Å². The second-order valence-corrected chi connectivity index (χ2v) is 12.2. The van der Waals surface area contributed by atoms with Crippen molar-refractivity contribution in [2.45, 2.75) is 83.0 Å². The predicted molar refractivity (Wildman–Crippen MR) is 164 cm³/mol. The summed E-state index contributed by atoms with van der Waals surface area (Å²) < 4.78 is 5.47. The second kappa shape index (κ2) is 13.1. The number of alkyl carbamates (subject to hydrolysis) is 1. The average molecular weight is 585 g/mol. The van der Waals surface area contributed by atoms with Gasteiger partial charge in [-0.25, -0.2) is 9.78 Å². The van der Waals surface area contributed by atoms with Crippen molar-refractivity contribution < 1.29 is 19.1 Å². The fraction of sp³-hybridized carbons (Fsp3) is 0.394. The van der Waals surface area contributed by atoms with Crippen LogP contribution in [-0.2, 0) is 33.7 Å². The molecule has 2 aromatic heterocycles. The van der Waals surface area contributed by atoms with E-state index in [1.807, 2.05) is 60.8 Å². The van der Waals surface area contributed by atoms with Crippen LogP contribution >= 0.6 is 0 Å². The van der Waals surface area contributed by atoms with Gasteiger partial charge in [0, 0.05) is 54.3 Å². The average Bonchev–Trinajstić information content (AvgIpc) is 3.56. The summed E-state index contributed by atoms with van der Waals surface area (Å²) in [5.41, 5.74) is 2.74. The van der Waals surface area contributed by atoms with Crippen LogP contribution < -0.4 is 16.0 Å². The molecule has 0 saturated heterocycles. The number of carbonyl (C=O) groups is 3. The molecule has 2 aromatic carbocycles. The Morgan fingerprint density at radius 1 is 0.953 bits per heavy atom. The van der Waals surface area contributed by atoms with E-state index in [-0.39, 0.29) is 18.7 Å². The van der Waals surface area contributed by atoms with E-state index in [0.717, 1.165) is 46.4 Å². The number of benzene rings is 2. The van der Waals surface area contributed by atoms with E-state index in [1.165, 1.54) is 6.42 Å². The van der Waals surface area contributed by atoms with Crippen molar-refractivity contribution in [2.24, 2.45) is 0 Å². The van der Waals surface area contributed by atoms with Gasteiger partial charge in [-0.15, -0.1) is 0 Å². The Kier molecular flexibility index (Phi) is 9.13. The summed E-state index contributed by atoms with van der Waals surface area (Å²) in [4.78, 5) is 51.3. The van der Waals surface area contributed by atoms with Gasteiger partial charge in [0.05, 0.1) is 0 Å². The maximum Gasteiger partial charge on any atom is 0.408 e. The van der Waals surface area contributed by atoms with Crippen molar-refractivity contribution >= 4 is 28.8 Å². The van der Waals surface area contributed by atoms with Gasteiger partial charge in [0.25, 0.3) is 0 Å². The van der Waals surface area contributed by atoms with E-state index >= 15 is 0 Å². The van der Waals surface area contributed by atoms with E-state index in [2.05, 4.69) is 30.9 Å². The summed E-state index contributed by atoms with van der Waals surface area (Å²) >= 11 is 0. The highest BCUT2D eigenvalue weighted by Crippen LogP contribution is 2.34. The van der Waals surface area contributed by atoms with Crippen LogP contribution in [0.25, 0.3) is 10.9 Å². The van der Waals surface area contributed by atoms with Gasteiger partial charge < -0.3 is 30.7 Å². The number of amides is 3. The number of nitrogens with one attached hydrogen (secondary N) is 5. The van der Waals surface area contributed by atoms with Gasteiger partial charge in [-0.3, -0.25) is 9.59 Å². The number of nitrogens with zero attached hydrogens (tertiary/aromatic N) is 1. The van der Waals surface area contributed by atoms with Gasteiger partial charge in [-0.1, -0.05) is 55.0 Å². The summed E-state index contributed by atoms with van der Waals surface area (Å²) in [5.74, 6) is 0.502. The van der Waals surface area contributed by atoms with Crippen LogP contribution in [0.2, 0.25) is 0 Å². The third kappa shape index (κ3) is 8.03. The Morgan fingerprint density at radius 3 is 2.40 bits per heavy atom. The van der Waals surface area contributed by atoms with Gasteiger partial charge in [0.2, 0.25) is 11.8 Å². The number of imidazole rings is 1. The van der Waals surface area contributed by atoms with Crippen LogP contribution in [0, 0.1) is 0 Å². The Morgan fingerprint density at radius 2 is 1.67 bits per heavy atom. The highest BCUT2D eigenvalue weighted by molar-refractivity contribution is 5.92. The van der Waals surface area contributed by atoms with E-state index in [0.29, 0.717) is 12.5 Å². The van der Waals surface area contributed by atoms with Crippen LogP contribution in [0.5, 0.6) is 0 Å².